The molecule has 0 spiro atoms. The van der Waals surface area contributed by atoms with Gasteiger partial charge in [-0.3, -0.25) is 4.79 Å². The van der Waals surface area contributed by atoms with Crippen molar-refractivity contribution in [3.8, 4) is 0 Å². The summed E-state index contributed by atoms with van der Waals surface area (Å²) in [4.78, 5) is 11.0. The first-order valence-electron chi connectivity index (χ1n) is 5.53. The molecule has 0 aromatic heterocycles. The molecule has 2 heteroatoms. The van der Waals surface area contributed by atoms with Gasteiger partial charge in [0.15, 0.2) is 0 Å². The number of carbonyl (C=O) groups excluding carboxylic acids is 1. The number of hydrogen-bond donors (Lipinski definition) is 0. The van der Waals surface area contributed by atoms with E-state index in [1.165, 1.54) is 19.3 Å². The molecule has 0 amide bonds. The fraction of sp³-hybridized carbons (Fsp3) is 0.750. The Hall–Kier alpha value is -0.790. The van der Waals surface area contributed by atoms with E-state index in [0.717, 1.165) is 0 Å². The summed E-state index contributed by atoms with van der Waals surface area (Å²) in [7, 11) is 0. The van der Waals surface area contributed by atoms with Gasteiger partial charge >= 0.3 is 5.97 Å². The summed E-state index contributed by atoms with van der Waals surface area (Å²) in [5, 5.41) is 0. The van der Waals surface area contributed by atoms with E-state index >= 15 is 0 Å². The molecule has 2 nitrogen and oxygen atoms in total. The van der Waals surface area contributed by atoms with Crippen LogP contribution in [0, 0.1) is 5.92 Å². The summed E-state index contributed by atoms with van der Waals surface area (Å²) in [6.07, 6.45) is 8.12. The average Bonchev–Trinajstić information content (AvgIpc) is 2.15. The van der Waals surface area contributed by atoms with Crippen molar-refractivity contribution in [2.24, 2.45) is 5.92 Å². The van der Waals surface area contributed by atoms with Crippen molar-refractivity contribution >= 4 is 5.97 Å². The molecule has 1 atom stereocenters. The molecule has 0 radical (unpaired) electrons. The number of unbranched alkanes of at least 4 members (excludes halogenated alkanes) is 1. The number of hydrogen-bond acceptors (Lipinski definition) is 2. The molecule has 0 saturated heterocycles. The first-order chi connectivity index (χ1) is 6.70. The average molecular weight is 198 g/mol. The Morgan fingerprint density at radius 2 is 2.14 bits per heavy atom. The highest BCUT2D eigenvalue weighted by Gasteiger charge is 1.98. The molecular weight excluding hydrogens is 176 g/mol. The third-order valence-corrected chi connectivity index (χ3v) is 2.07. The molecule has 0 bridgehead atoms. The molecule has 0 aromatic carbocycles. The van der Waals surface area contributed by atoms with Crippen molar-refractivity contribution in [3.05, 3.63) is 12.2 Å². The van der Waals surface area contributed by atoms with Crippen LogP contribution in [-0.4, -0.2) is 12.6 Å². The first kappa shape index (κ1) is 13.2. The largest absolute Gasteiger partial charge is 0.466 e. The maximum Gasteiger partial charge on any atom is 0.309 e. The van der Waals surface area contributed by atoms with E-state index in [9.17, 15) is 4.79 Å². The molecule has 0 heterocycles. The molecule has 0 aromatic rings. The molecule has 0 N–H and O–H groups in total. The zero-order valence-corrected chi connectivity index (χ0v) is 9.58. The Morgan fingerprint density at radius 3 is 2.71 bits per heavy atom. The summed E-state index contributed by atoms with van der Waals surface area (Å²) in [5.74, 6) is 0.441. The van der Waals surface area contributed by atoms with Crippen LogP contribution >= 0.6 is 0 Å². The number of esters is 1. The van der Waals surface area contributed by atoms with Crippen molar-refractivity contribution in [3.63, 3.8) is 0 Å². The van der Waals surface area contributed by atoms with Crippen molar-refractivity contribution < 1.29 is 9.53 Å². The van der Waals surface area contributed by atoms with Gasteiger partial charge in [-0.1, -0.05) is 38.8 Å². The zero-order chi connectivity index (χ0) is 10.8. The summed E-state index contributed by atoms with van der Waals surface area (Å²) >= 11 is 0. The van der Waals surface area contributed by atoms with E-state index in [1.807, 2.05) is 13.0 Å². The predicted octanol–water partition coefficient (Wildman–Crippen LogP) is 3.32. The van der Waals surface area contributed by atoms with Gasteiger partial charge in [-0.2, -0.15) is 0 Å². The predicted molar refractivity (Wildman–Crippen MR) is 59.1 cm³/mol. The molecule has 82 valence electrons. The summed E-state index contributed by atoms with van der Waals surface area (Å²) in [6, 6.07) is 0. The second-order valence-corrected chi connectivity index (χ2v) is 3.56. The minimum absolute atomic E-state index is 0.133. The lowest BCUT2D eigenvalue weighted by atomic mass is 10.0. The van der Waals surface area contributed by atoms with Crippen molar-refractivity contribution in [2.75, 3.05) is 6.61 Å². The SMILES string of the molecule is CCCCC(C)C=CCC(=O)OCC. The van der Waals surface area contributed by atoms with Gasteiger partial charge in [0.05, 0.1) is 13.0 Å². The molecule has 14 heavy (non-hydrogen) atoms. The van der Waals surface area contributed by atoms with Crippen LogP contribution in [0.15, 0.2) is 12.2 Å². The van der Waals surface area contributed by atoms with Crippen LogP contribution in [0.4, 0.5) is 0 Å². The standard InChI is InChI=1S/C12H22O2/c1-4-6-8-11(3)9-7-10-12(13)14-5-2/h7,9,11H,4-6,8,10H2,1-3H3. The third kappa shape index (κ3) is 7.84. The molecule has 0 aliphatic heterocycles. The lowest BCUT2D eigenvalue weighted by Crippen LogP contribution is -2.01. The smallest absolute Gasteiger partial charge is 0.309 e. The zero-order valence-electron chi connectivity index (χ0n) is 9.58. The van der Waals surface area contributed by atoms with E-state index in [2.05, 4.69) is 19.9 Å². The van der Waals surface area contributed by atoms with Gasteiger partial charge in [-0.25, -0.2) is 0 Å². The molecule has 0 fully saturated rings. The molecular formula is C12H22O2. The number of carbonyl (C=O) groups is 1. The first-order valence-corrected chi connectivity index (χ1v) is 5.53. The van der Waals surface area contributed by atoms with Crippen LogP contribution in [0.5, 0.6) is 0 Å². The Kier molecular flexibility index (Phi) is 8.30. The van der Waals surface area contributed by atoms with E-state index in [1.54, 1.807) is 0 Å². The summed E-state index contributed by atoms with van der Waals surface area (Å²) in [6.45, 7) is 6.66. The fourth-order valence-corrected chi connectivity index (χ4v) is 1.24. The van der Waals surface area contributed by atoms with E-state index in [-0.39, 0.29) is 5.97 Å². The number of ether oxygens (including phenoxy) is 1. The summed E-state index contributed by atoms with van der Waals surface area (Å²) in [5.41, 5.74) is 0. The number of rotatable bonds is 7. The van der Waals surface area contributed by atoms with Gasteiger partial charge in [0, 0.05) is 0 Å². The number of allylic oxidation sites excluding steroid dienone is 1. The monoisotopic (exact) mass is 198 g/mol. The topological polar surface area (TPSA) is 26.3 Å². The van der Waals surface area contributed by atoms with E-state index in [4.69, 9.17) is 4.74 Å². The van der Waals surface area contributed by atoms with Crippen LogP contribution in [0.3, 0.4) is 0 Å². The highest BCUT2D eigenvalue weighted by Crippen LogP contribution is 2.09. The van der Waals surface area contributed by atoms with Gasteiger partial charge < -0.3 is 4.74 Å². The Labute approximate surface area is 87.3 Å². The summed E-state index contributed by atoms with van der Waals surface area (Å²) < 4.78 is 4.81. The quantitative estimate of drug-likeness (QED) is 0.463. The molecule has 1 unspecified atom stereocenters. The second-order valence-electron chi connectivity index (χ2n) is 3.56. The highest BCUT2D eigenvalue weighted by molar-refractivity contribution is 5.71. The van der Waals surface area contributed by atoms with Crippen molar-refractivity contribution in [2.45, 2.75) is 46.5 Å². The van der Waals surface area contributed by atoms with Gasteiger partial charge in [0.25, 0.3) is 0 Å². The molecule has 0 saturated carbocycles. The highest BCUT2D eigenvalue weighted by atomic mass is 16.5. The minimum atomic E-state index is -0.133. The minimum Gasteiger partial charge on any atom is -0.466 e. The fourth-order valence-electron chi connectivity index (χ4n) is 1.24. The molecule has 0 aliphatic carbocycles. The third-order valence-electron chi connectivity index (χ3n) is 2.07. The van der Waals surface area contributed by atoms with Gasteiger partial charge in [0.2, 0.25) is 0 Å². The van der Waals surface area contributed by atoms with Crippen LogP contribution in [0.2, 0.25) is 0 Å². The molecule has 0 rings (SSSR count). The van der Waals surface area contributed by atoms with E-state index < -0.39 is 0 Å². The van der Waals surface area contributed by atoms with Crippen LogP contribution in [0.1, 0.15) is 46.5 Å². The van der Waals surface area contributed by atoms with Crippen molar-refractivity contribution in [1.29, 1.82) is 0 Å². The van der Waals surface area contributed by atoms with Crippen LogP contribution in [-0.2, 0) is 9.53 Å². The van der Waals surface area contributed by atoms with Gasteiger partial charge in [-0.15, -0.1) is 0 Å². The second kappa shape index (κ2) is 8.79. The Balaban J connectivity index is 3.55. The normalized spacial score (nSPS) is 13.1. The Morgan fingerprint density at radius 1 is 1.43 bits per heavy atom. The van der Waals surface area contributed by atoms with Gasteiger partial charge in [0.1, 0.15) is 0 Å². The maximum atomic E-state index is 11.0. The Bertz CT molecular complexity index is 173. The van der Waals surface area contributed by atoms with Crippen LogP contribution < -0.4 is 0 Å². The van der Waals surface area contributed by atoms with E-state index in [0.29, 0.717) is 18.9 Å². The maximum absolute atomic E-state index is 11.0. The van der Waals surface area contributed by atoms with Gasteiger partial charge in [-0.05, 0) is 19.3 Å². The molecule has 0 aliphatic rings. The van der Waals surface area contributed by atoms with Crippen molar-refractivity contribution in [1.82, 2.24) is 0 Å². The lowest BCUT2D eigenvalue weighted by molar-refractivity contribution is -0.142. The van der Waals surface area contributed by atoms with Crippen LogP contribution in [0.25, 0.3) is 0 Å². The lowest BCUT2D eigenvalue weighted by Gasteiger charge is -2.03.